The van der Waals surface area contributed by atoms with Crippen LogP contribution in [-0.4, -0.2) is 27.8 Å². The van der Waals surface area contributed by atoms with Gasteiger partial charge in [0.25, 0.3) is 5.56 Å². The lowest BCUT2D eigenvalue weighted by Crippen LogP contribution is -2.27. The first-order chi connectivity index (χ1) is 11.6. The molecule has 124 valence electrons. The maximum Gasteiger partial charge on any atom is 0.325 e. The molecular weight excluding hydrogens is 330 g/mol. The Kier molecular flexibility index (Phi) is 4.66. The molecule has 0 atom stereocenters. The van der Waals surface area contributed by atoms with E-state index in [4.69, 9.17) is 4.52 Å². The van der Waals surface area contributed by atoms with Gasteiger partial charge < -0.3 is 9.26 Å². The van der Waals surface area contributed by atoms with Crippen molar-refractivity contribution in [1.82, 2.24) is 14.7 Å². The molecule has 7 nitrogen and oxygen atoms in total. The minimum atomic E-state index is -0.506. The van der Waals surface area contributed by atoms with Crippen molar-refractivity contribution in [2.24, 2.45) is 0 Å². The monoisotopic (exact) mass is 345 g/mol. The van der Waals surface area contributed by atoms with E-state index in [9.17, 15) is 9.59 Å². The van der Waals surface area contributed by atoms with Crippen LogP contribution in [0.1, 0.15) is 11.5 Å². The number of thioether (sulfide) groups is 1. The summed E-state index contributed by atoms with van der Waals surface area (Å²) in [6.45, 7) is 1.62. The second kappa shape index (κ2) is 6.88. The normalized spacial score (nSPS) is 10.9. The lowest BCUT2D eigenvalue weighted by molar-refractivity contribution is -0.141. The van der Waals surface area contributed by atoms with Crippen molar-refractivity contribution >= 4 is 28.6 Å². The minimum absolute atomic E-state index is 0.187. The van der Waals surface area contributed by atoms with Gasteiger partial charge in [-0.3, -0.25) is 14.2 Å². The van der Waals surface area contributed by atoms with Crippen LogP contribution in [0.15, 0.2) is 44.8 Å². The van der Waals surface area contributed by atoms with Crippen LogP contribution in [0.3, 0.4) is 0 Å². The average Bonchev–Trinajstić information content (AvgIpc) is 3.01. The second-order valence-electron chi connectivity index (χ2n) is 5.10. The molecular formula is C16H15N3O4S. The Bertz CT molecular complexity index is 948. The van der Waals surface area contributed by atoms with Crippen LogP contribution in [0.5, 0.6) is 0 Å². The zero-order chi connectivity index (χ0) is 17.1. The van der Waals surface area contributed by atoms with Crippen molar-refractivity contribution in [1.29, 1.82) is 0 Å². The van der Waals surface area contributed by atoms with Crippen molar-refractivity contribution in [3.63, 3.8) is 0 Å². The number of benzene rings is 1. The Morgan fingerprint density at radius 3 is 2.88 bits per heavy atom. The number of hydrogen-bond donors (Lipinski definition) is 0. The number of ether oxygens (including phenoxy) is 1. The van der Waals surface area contributed by atoms with E-state index in [0.717, 1.165) is 5.69 Å². The van der Waals surface area contributed by atoms with Gasteiger partial charge in [-0.05, 0) is 19.1 Å². The SMILES string of the molecule is COC(=O)Cn1c(SCc2cc(C)on2)nc2ccccc2c1=O. The third-order valence-corrected chi connectivity index (χ3v) is 4.38. The highest BCUT2D eigenvalue weighted by molar-refractivity contribution is 7.98. The first-order valence-electron chi connectivity index (χ1n) is 7.20. The molecule has 0 spiro atoms. The third-order valence-electron chi connectivity index (χ3n) is 3.37. The number of rotatable bonds is 5. The molecule has 0 saturated carbocycles. The van der Waals surface area contributed by atoms with E-state index in [1.54, 1.807) is 18.2 Å². The first-order valence-corrected chi connectivity index (χ1v) is 8.18. The molecule has 0 aliphatic rings. The van der Waals surface area contributed by atoms with Gasteiger partial charge in [0.05, 0.1) is 23.7 Å². The molecule has 2 aromatic heterocycles. The summed E-state index contributed by atoms with van der Waals surface area (Å²) in [6, 6.07) is 8.85. The van der Waals surface area contributed by atoms with Crippen molar-refractivity contribution in [2.45, 2.75) is 24.4 Å². The highest BCUT2D eigenvalue weighted by Gasteiger charge is 2.15. The Labute approximate surface area is 141 Å². The zero-order valence-corrected chi connectivity index (χ0v) is 14.0. The molecule has 0 aliphatic heterocycles. The third kappa shape index (κ3) is 3.33. The molecule has 0 bridgehead atoms. The van der Waals surface area contributed by atoms with Gasteiger partial charge in [0.15, 0.2) is 5.16 Å². The standard InChI is InChI=1S/C16H15N3O4S/c1-10-7-11(18-23-10)9-24-16-17-13-6-4-3-5-12(13)15(21)19(16)8-14(20)22-2/h3-7H,8-9H2,1-2H3. The summed E-state index contributed by atoms with van der Waals surface area (Å²) >= 11 is 1.32. The molecule has 0 radical (unpaired) electrons. The van der Waals surface area contributed by atoms with Gasteiger partial charge in [0.1, 0.15) is 12.3 Å². The molecule has 0 aliphatic carbocycles. The number of aryl methyl sites for hydroxylation is 1. The van der Waals surface area contributed by atoms with E-state index in [-0.39, 0.29) is 12.1 Å². The van der Waals surface area contributed by atoms with Crippen LogP contribution in [0.4, 0.5) is 0 Å². The molecule has 0 saturated heterocycles. The number of methoxy groups -OCH3 is 1. The fraction of sp³-hybridized carbons (Fsp3) is 0.250. The van der Waals surface area contributed by atoms with E-state index in [2.05, 4.69) is 14.9 Å². The molecule has 0 amide bonds. The minimum Gasteiger partial charge on any atom is -0.468 e. The Balaban J connectivity index is 2.01. The predicted molar refractivity (Wildman–Crippen MR) is 88.8 cm³/mol. The lowest BCUT2D eigenvalue weighted by atomic mass is 10.2. The molecule has 0 N–H and O–H groups in total. The van der Waals surface area contributed by atoms with Gasteiger partial charge in [-0.15, -0.1) is 0 Å². The average molecular weight is 345 g/mol. The van der Waals surface area contributed by atoms with Crippen LogP contribution in [0.25, 0.3) is 10.9 Å². The van der Waals surface area contributed by atoms with Gasteiger partial charge in [0.2, 0.25) is 0 Å². The van der Waals surface area contributed by atoms with Crippen LogP contribution < -0.4 is 5.56 Å². The summed E-state index contributed by atoms with van der Waals surface area (Å²) in [5.74, 6) is 0.681. The summed E-state index contributed by atoms with van der Waals surface area (Å²) in [7, 11) is 1.28. The highest BCUT2D eigenvalue weighted by Crippen LogP contribution is 2.22. The van der Waals surface area contributed by atoms with E-state index >= 15 is 0 Å². The number of para-hydroxylation sites is 1. The topological polar surface area (TPSA) is 87.2 Å². The van der Waals surface area contributed by atoms with E-state index in [1.807, 2.05) is 19.1 Å². The number of fused-ring (bicyclic) bond motifs is 1. The molecule has 8 heteroatoms. The molecule has 0 fully saturated rings. The van der Waals surface area contributed by atoms with Crippen LogP contribution >= 0.6 is 11.8 Å². The smallest absolute Gasteiger partial charge is 0.325 e. The summed E-state index contributed by atoms with van der Waals surface area (Å²) in [5, 5.41) is 4.82. The van der Waals surface area contributed by atoms with Crippen molar-refractivity contribution in [2.75, 3.05) is 7.11 Å². The first kappa shape index (κ1) is 16.3. The van der Waals surface area contributed by atoms with Crippen LogP contribution in [-0.2, 0) is 21.8 Å². The quantitative estimate of drug-likeness (QED) is 0.398. The number of hydrogen-bond acceptors (Lipinski definition) is 7. The number of nitrogens with zero attached hydrogens (tertiary/aromatic N) is 3. The number of carbonyl (C=O) groups is 1. The Morgan fingerprint density at radius 1 is 1.38 bits per heavy atom. The largest absolute Gasteiger partial charge is 0.468 e. The molecule has 0 unspecified atom stereocenters. The Morgan fingerprint density at radius 2 is 2.17 bits per heavy atom. The van der Waals surface area contributed by atoms with Gasteiger partial charge >= 0.3 is 5.97 Å². The summed E-state index contributed by atoms with van der Waals surface area (Å²) in [6.07, 6.45) is 0. The molecule has 24 heavy (non-hydrogen) atoms. The van der Waals surface area contributed by atoms with Gasteiger partial charge in [-0.1, -0.05) is 29.1 Å². The van der Waals surface area contributed by atoms with Crippen molar-refractivity contribution < 1.29 is 14.1 Å². The maximum absolute atomic E-state index is 12.7. The lowest BCUT2D eigenvalue weighted by Gasteiger charge is -2.11. The van der Waals surface area contributed by atoms with E-state index in [1.165, 1.54) is 23.4 Å². The van der Waals surface area contributed by atoms with Crippen molar-refractivity contribution in [3.8, 4) is 0 Å². The second-order valence-corrected chi connectivity index (χ2v) is 6.04. The fourth-order valence-corrected chi connectivity index (χ4v) is 3.09. The number of aromatic nitrogens is 3. The van der Waals surface area contributed by atoms with Crippen molar-refractivity contribution in [3.05, 3.63) is 52.1 Å². The number of carbonyl (C=O) groups excluding carboxylic acids is 1. The maximum atomic E-state index is 12.7. The van der Waals surface area contributed by atoms with Gasteiger partial charge in [0, 0.05) is 11.8 Å². The van der Waals surface area contributed by atoms with E-state index in [0.29, 0.717) is 27.6 Å². The summed E-state index contributed by atoms with van der Waals surface area (Å²) in [5.41, 5.74) is 1.05. The van der Waals surface area contributed by atoms with E-state index < -0.39 is 5.97 Å². The number of esters is 1. The molecule has 2 heterocycles. The van der Waals surface area contributed by atoms with Gasteiger partial charge in [-0.25, -0.2) is 4.98 Å². The fourth-order valence-electron chi connectivity index (χ4n) is 2.22. The molecule has 3 aromatic rings. The van der Waals surface area contributed by atoms with Crippen LogP contribution in [0, 0.1) is 6.92 Å². The zero-order valence-electron chi connectivity index (χ0n) is 13.2. The predicted octanol–water partition coefficient (Wildman–Crippen LogP) is 2.16. The Hall–Kier alpha value is -2.61. The van der Waals surface area contributed by atoms with Crippen LogP contribution in [0.2, 0.25) is 0 Å². The van der Waals surface area contributed by atoms with Gasteiger partial charge in [-0.2, -0.15) is 0 Å². The molecule has 3 rings (SSSR count). The highest BCUT2D eigenvalue weighted by atomic mass is 32.2. The summed E-state index contributed by atoms with van der Waals surface area (Å²) < 4.78 is 11.0. The molecule has 1 aromatic carbocycles. The summed E-state index contributed by atoms with van der Waals surface area (Å²) in [4.78, 5) is 28.8.